The number of benzene rings is 2. The Morgan fingerprint density at radius 1 is 0.750 bits per heavy atom. The molecule has 1 aromatic heterocycles. The highest BCUT2D eigenvalue weighted by Gasteiger charge is 2.51. The molecule has 0 aliphatic rings. The van der Waals surface area contributed by atoms with Crippen molar-refractivity contribution in [2.24, 2.45) is 0 Å². The van der Waals surface area contributed by atoms with Gasteiger partial charge in [-0.25, -0.2) is 4.57 Å². The van der Waals surface area contributed by atoms with Gasteiger partial charge in [-0.1, -0.05) is 81.4 Å². The lowest BCUT2D eigenvalue weighted by atomic mass is 10.0. The Labute approximate surface area is 170 Å². The zero-order valence-electron chi connectivity index (χ0n) is 17.7. The number of hydrogen-bond donors (Lipinski definition) is 1. The van der Waals surface area contributed by atoms with Crippen LogP contribution < -0.4 is 14.9 Å². The largest absolute Gasteiger partial charge is 0.386 e. The summed E-state index contributed by atoms with van der Waals surface area (Å²) in [7, 11) is -2.19. The maximum Gasteiger partial charge on any atom is 0.199 e. The van der Waals surface area contributed by atoms with E-state index in [1.165, 1.54) is 10.4 Å². The first-order valence-corrected chi connectivity index (χ1v) is 12.2. The van der Waals surface area contributed by atoms with Gasteiger partial charge in [-0.15, -0.1) is 0 Å². The third-order valence-electron chi connectivity index (χ3n) is 5.80. The van der Waals surface area contributed by atoms with Gasteiger partial charge in [0.1, 0.15) is 6.17 Å². The molecule has 1 N–H and O–H groups in total. The number of aromatic nitrogens is 1. The minimum atomic E-state index is -2.19. The lowest BCUT2D eigenvalue weighted by molar-refractivity contribution is -0.681. The molecule has 0 atom stereocenters. The van der Waals surface area contributed by atoms with Crippen molar-refractivity contribution < 1.29 is 9.67 Å². The summed E-state index contributed by atoms with van der Waals surface area (Å²) in [4.78, 5) is 0. The lowest BCUT2D eigenvalue weighted by Gasteiger charge is -2.41. The molecule has 0 radical (unpaired) electrons. The van der Waals surface area contributed by atoms with Crippen LogP contribution in [0.25, 0.3) is 0 Å². The minimum absolute atomic E-state index is 0.105. The van der Waals surface area contributed by atoms with Crippen LogP contribution in [0.5, 0.6) is 0 Å². The Morgan fingerprint density at radius 2 is 1.25 bits per heavy atom. The molecule has 3 aromatic rings. The van der Waals surface area contributed by atoms with Crippen LogP contribution in [0.2, 0.25) is 5.04 Å². The molecule has 28 heavy (non-hydrogen) atoms. The van der Waals surface area contributed by atoms with Crippen LogP contribution >= 0.6 is 0 Å². The van der Waals surface area contributed by atoms with E-state index in [2.05, 4.69) is 98.4 Å². The van der Waals surface area contributed by atoms with Crippen molar-refractivity contribution in [3.63, 3.8) is 0 Å². The number of hydrogen-bond acceptors (Lipinski definition) is 1. The molecule has 146 valence electrons. The third kappa shape index (κ3) is 3.96. The topological polar surface area (TPSA) is 24.1 Å². The highest BCUT2D eigenvalue weighted by Crippen LogP contribution is 2.36. The zero-order valence-corrected chi connectivity index (χ0v) is 18.7. The zero-order chi connectivity index (χ0) is 20.4. The highest BCUT2D eigenvalue weighted by molar-refractivity contribution is 7.03. The molecule has 0 amide bonds. The summed E-state index contributed by atoms with van der Waals surface area (Å²) in [5.41, 5.74) is 0.0852. The molecule has 0 fully saturated rings. The fourth-order valence-electron chi connectivity index (χ4n) is 4.15. The Bertz CT molecular complexity index is 869. The second-order valence-electron chi connectivity index (χ2n) is 9.21. The van der Waals surface area contributed by atoms with Gasteiger partial charge in [0.15, 0.2) is 20.5 Å². The third-order valence-corrected chi connectivity index (χ3v) is 11.8. The molecule has 0 saturated heterocycles. The average Bonchev–Trinajstić information content (AvgIpc) is 2.66. The number of pyridine rings is 1. The van der Waals surface area contributed by atoms with E-state index in [4.69, 9.17) is 0 Å². The first kappa shape index (κ1) is 20.5. The van der Waals surface area contributed by atoms with E-state index >= 15 is 0 Å². The van der Waals surface area contributed by atoms with Crippen LogP contribution in [-0.2, 0) is 11.8 Å². The smallest absolute Gasteiger partial charge is 0.199 e. The standard InChI is InChI=1S/C25H32NOSi/c1-24(2,3)28(22-14-8-6-9-15-22,23-16-10-7-11-17-23)20-26-18-12-13-21(19-26)25(4,5)27/h6-19,27H,20H2,1-5H3/q+1. The van der Waals surface area contributed by atoms with Crippen LogP contribution in [0.4, 0.5) is 0 Å². The van der Waals surface area contributed by atoms with Gasteiger partial charge in [-0.05, 0) is 35.3 Å². The monoisotopic (exact) mass is 390 g/mol. The lowest BCUT2D eigenvalue weighted by Crippen LogP contribution is -2.71. The molecule has 3 rings (SSSR count). The van der Waals surface area contributed by atoms with Crippen molar-refractivity contribution in [2.45, 2.75) is 51.4 Å². The predicted octanol–water partition coefficient (Wildman–Crippen LogP) is 3.80. The number of nitrogens with zero attached hydrogens (tertiary/aromatic N) is 1. The molecule has 0 bridgehead atoms. The maximum atomic E-state index is 10.5. The van der Waals surface area contributed by atoms with E-state index in [0.29, 0.717) is 0 Å². The molecule has 0 spiro atoms. The quantitative estimate of drug-likeness (QED) is 0.520. The van der Waals surface area contributed by atoms with Crippen molar-refractivity contribution >= 4 is 18.4 Å². The van der Waals surface area contributed by atoms with Gasteiger partial charge in [-0.2, -0.15) is 0 Å². The van der Waals surface area contributed by atoms with E-state index in [9.17, 15) is 5.11 Å². The van der Waals surface area contributed by atoms with Gasteiger partial charge in [0, 0.05) is 11.6 Å². The predicted molar refractivity (Wildman–Crippen MR) is 120 cm³/mol. The van der Waals surface area contributed by atoms with Crippen molar-refractivity contribution in [2.75, 3.05) is 0 Å². The van der Waals surface area contributed by atoms with E-state index in [0.717, 1.165) is 11.7 Å². The molecular weight excluding hydrogens is 358 g/mol. The van der Waals surface area contributed by atoms with Crippen molar-refractivity contribution in [3.8, 4) is 0 Å². The molecule has 0 saturated carbocycles. The molecule has 0 unspecified atom stereocenters. The van der Waals surface area contributed by atoms with Gasteiger partial charge in [0.2, 0.25) is 0 Å². The molecule has 2 nitrogen and oxygen atoms in total. The van der Waals surface area contributed by atoms with Crippen LogP contribution in [0.1, 0.15) is 40.2 Å². The molecule has 3 heteroatoms. The van der Waals surface area contributed by atoms with E-state index in [1.54, 1.807) is 0 Å². The van der Waals surface area contributed by atoms with Crippen molar-refractivity contribution in [3.05, 3.63) is 90.8 Å². The summed E-state index contributed by atoms with van der Waals surface area (Å²) >= 11 is 0. The minimum Gasteiger partial charge on any atom is -0.386 e. The summed E-state index contributed by atoms with van der Waals surface area (Å²) in [5, 5.41) is 13.5. The normalized spacial score (nSPS) is 12.8. The van der Waals surface area contributed by atoms with Gasteiger partial charge in [0.05, 0.1) is 5.60 Å². The van der Waals surface area contributed by atoms with E-state index in [1.807, 2.05) is 26.0 Å². The van der Waals surface area contributed by atoms with Crippen LogP contribution in [0.15, 0.2) is 85.2 Å². The second-order valence-corrected chi connectivity index (χ2v) is 14.0. The van der Waals surface area contributed by atoms with Gasteiger partial charge in [-0.3, -0.25) is 0 Å². The molecule has 0 aliphatic carbocycles. The SMILES string of the molecule is CC(C)(O)c1ccc[n+](C[Si](c2ccccc2)(c2ccccc2)C(C)(C)C)c1. The summed E-state index contributed by atoms with van der Waals surface area (Å²) in [5.74, 6) is 0. The Morgan fingerprint density at radius 3 is 1.68 bits per heavy atom. The fraction of sp³-hybridized carbons (Fsp3) is 0.320. The highest BCUT2D eigenvalue weighted by atomic mass is 28.3. The Balaban J connectivity index is 2.23. The van der Waals surface area contributed by atoms with Gasteiger partial charge < -0.3 is 5.11 Å². The number of rotatable bonds is 5. The first-order chi connectivity index (χ1) is 13.1. The maximum absolute atomic E-state index is 10.5. The Hall–Kier alpha value is -2.23. The number of aliphatic hydroxyl groups is 1. The summed E-state index contributed by atoms with van der Waals surface area (Å²) in [6.45, 7) is 10.8. The molecular formula is C25H32NOSi+. The summed E-state index contributed by atoms with van der Waals surface area (Å²) < 4.78 is 2.28. The first-order valence-electron chi connectivity index (χ1n) is 9.98. The van der Waals surface area contributed by atoms with Crippen LogP contribution in [-0.4, -0.2) is 13.2 Å². The van der Waals surface area contributed by atoms with Crippen LogP contribution in [0.3, 0.4) is 0 Å². The molecule has 1 heterocycles. The fourth-order valence-corrected chi connectivity index (χ4v) is 9.33. The molecule has 2 aromatic carbocycles. The van der Waals surface area contributed by atoms with E-state index in [-0.39, 0.29) is 5.04 Å². The molecule has 0 aliphatic heterocycles. The average molecular weight is 391 g/mol. The van der Waals surface area contributed by atoms with Crippen LogP contribution in [0, 0.1) is 0 Å². The summed E-state index contributed by atoms with van der Waals surface area (Å²) in [6.07, 6.45) is 5.17. The van der Waals surface area contributed by atoms with Gasteiger partial charge in [0.25, 0.3) is 0 Å². The van der Waals surface area contributed by atoms with Crippen molar-refractivity contribution in [1.82, 2.24) is 0 Å². The summed E-state index contributed by atoms with van der Waals surface area (Å²) in [6, 6.07) is 26.1. The Kier molecular flexibility index (Phi) is 5.60. The van der Waals surface area contributed by atoms with Crippen molar-refractivity contribution in [1.29, 1.82) is 0 Å². The van der Waals surface area contributed by atoms with Gasteiger partial charge >= 0.3 is 0 Å². The van der Waals surface area contributed by atoms with E-state index < -0.39 is 13.7 Å². The second kappa shape index (κ2) is 7.65.